The first kappa shape index (κ1) is 16.4. The van der Waals surface area contributed by atoms with E-state index in [9.17, 15) is 13.2 Å². The molecule has 1 aliphatic heterocycles. The Bertz CT molecular complexity index is 382. The van der Waals surface area contributed by atoms with Crippen LogP contribution in [0.3, 0.4) is 0 Å². The second kappa shape index (κ2) is 7.81. The minimum Gasteiger partial charge on any atom is -0.480 e. The molecule has 0 aromatic rings. The van der Waals surface area contributed by atoms with Crippen LogP contribution in [-0.2, 0) is 14.6 Å². The van der Waals surface area contributed by atoms with Crippen molar-refractivity contribution in [3.8, 4) is 0 Å². The quantitative estimate of drug-likeness (QED) is 0.586. The SMILES string of the molecule is O=C(O)CN(CCCCCCO)C1CCS(=O)(=O)C1. The molecule has 0 amide bonds. The van der Waals surface area contributed by atoms with E-state index in [0.717, 1.165) is 25.7 Å². The summed E-state index contributed by atoms with van der Waals surface area (Å²) in [5, 5.41) is 17.6. The fourth-order valence-electron chi connectivity index (χ4n) is 2.41. The number of hydrogen-bond donors (Lipinski definition) is 2. The van der Waals surface area contributed by atoms with Gasteiger partial charge in [-0.3, -0.25) is 9.69 Å². The van der Waals surface area contributed by atoms with Gasteiger partial charge in [0.05, 0.1) is 18.1 Å². The van der Waals surface area contributed by atoms with Gasteiger partial charge < -0.3 is 10.2 Å². The van der Waals surface area contributed by atoms with Gasteiger partial charge >= 0.3 is 5.97 Å². The Balaban J connectivity index is 2.41. The standard InChI is InChI=1S/C12H23NO5S/c14-7-4-2-1-3-6-13(9-12(15)16)11-5-8-19(17,18)10-11/h11,14H,1-10H2,(H,15,16). The summed E-state index contributed by atoms with van der Waals surface area (Å²) < 4.78 is 22.9. The van der Waals surface area contributed by atoms with Crippen LogP contribution < -0.4 is 0 Å². The first-order valence-corrected chi connectivity index (χ1v) is 8.54. The summed E-state index contributed by atoms with van der Waals surface area (Å²) in [6.45, 7) is 0.692. The van der Waals surface area contributed by atoms with E-state index < -0.39 is 15.8 Å². The number of unbranched alkanes of at least 4 members (excludes halogenated alkanes) is 3. The van der Waals surface area contributed by atoms with Gasteiger partial charge in [-0.2, -0.15) is 0 Å². The molecule has 0 radical (unpaired) electrons. The van der Waals surface area contributed by atoms with Gasteiger partial charge in [-0.25, -0.2) is 8.42 Å². The average Bonchev–Trinajstić information content (AvgIpc) is 2.67. The summed E-state index contributed by atoms with van der Waals surface area (Å²) in [6.07, 6.45) is 3.98. The first-order valence-electron chi connectivity index (χ1n) is 6.72. The van der Waals surface area contributed by atoms with Crippen LogP contribution in [0.5, 0.6) is 0 Å². The molecule has 112 valence electrons. The maximum Gasteiger partial charge on any atom is 0.317 e. The Morgan fingerprint density at radius 2 is 1.89 bits per heavy atom. The minimum absolute atomic E-state index is 0.0803. The number of carboxylic acids is 1. The van der Waals surface area contributed by atoms with Crippen molar-refractivity contribution in [2.75, 3.05) is 31.2 Å². The Kier molecular flexibility index (Phi) is 6.74. The molecular weight excluding hydrogens is 270 g/mol. The highest BCUT2D eigenvalue weighted by molar-refractivity contribution is 7.91. The van der Waals surface area contributed by atoms with Crippen molar-refractivity contribution in [2.24, 2.45) is 0 Å². The van der Waals surface area contributed by atoms with Gasteiger partial charge in [0.1, 0.15) is 0 Å². The number of nitrogens with zero attached hydrogens (tertiary/aromatic N) is 1. The lowest BCUT2D eigenvalue weighted by atomic mass is 10.1. The number of carboxylic acid groups (broad SMARTS) is 1. The first-order chi connectivity index (χ1) is 8.94. The summed E-state index contributed by atoms with van der Waals surface area (Å²) in [5.74, 6) is -0.672. The predicted molar refractivity (Wildman–Crippen MR) is 71.8 cm³/mol. The lowest BCUT2D eigenvalue weighted by Crippen LogP contribution is -2.40. The van der Waals surface area contributed by atoms with Crippen LogP contribution in [0.2, 0.25) is 0 Å². The smallest absolute Gasteiger partial charge is 0.317 e. The molecule has 1 unspecified atom stereocenters. The van der Waals surface area contributed by atoms with E-state index >= 15 is 0 Å². The van der Waals surface area contributed by atoms with Gasteiger partial charge in [0.2, 0.25) is 0 Å². The highest BCUT2D eigenvalue weighted by Crippen LogP contribution is 2.18. The van der Waals surface area contributed by atoms with Crippen molar-refractivity contribution < 1.29 is 23.4 Å². The van der Waals surface area contributed by atoms with Crippen LogP contribution in [0.25, 0.3) is 0 Å². The van der Waals surface area contributed by atoms with Crippen molar-refractivity contribution in [1.82, 2.24) is 4.90 Å². The van der Waals surface area contributed by atoms with E-state index in [1.165, 1.54) is 0 Å². The molecule has 2 N–H and O–H groups in total. The zero-order valence-corrected chi connectivity index (χ0v) is 11.9. The van der Waals surface area contributed by atoms with Gasteiger partial charge in [0.25, 0.3) is 0 Å². The Morgan fingerprint density at radius 1 is 1.21 bits per heavy atom. The van der Waals surface area contributed by atoms with Crippen LogP contribution in [0.1, 0.15) is 32.1 Å². The minimum atomic E-state index is -2.98. The molecule has 6 nitrogen and oxygen atoms in total. The Morgan fingerprint density at radius 3 is 2.42 bits per heavy atom. The Hall–Kier alpha value is -0.660. The van der Waals surface area contributed by atoms with Crippen molar-refractivity contribution in [2.45, 2.75) is 38.1 Å². The molecule has 1 heterocycles. The van der Waals surface area contributed by atoms with E-state index in [-0.39, 0.29) is 30.7 Å². The van der Waals surface area contributed by atoms with E-state index in [0.29, 0.717) is 13.0 Å². The second-order valence-corrected chi connectivity index (χ2v) is 7.29. The van der Waals surface area contributed by atoms with Crippen LogP contribution in [-0.4, -0.2) is 66.7 Å². The van der Waals surface area contributed by atoms with Crippen LogP contribution in [0.4, 0.5) is 0 Å². The lowest BCUT2D eigenvalue weighted by molar-refractivity contribution is -0.138. The van der Waals surface area contributed by atoms with Crippen LogP contribution in [0.15, 0.2) is 0 Å². The zero-order chi connectivity index (χ0) is 14.3. The number of sulfone groups is 1. The number of aliphatic carboxylic acids is 1. The fraction of sp³-hybridized carbons (Fsp3) is 0.917. The molecule has 0 aromatic carbocycles. The molecule has 1 aliphatic rings. The lowest BCUT2D eigenvalue weighted by Gasteiger charge is -2.26. The third-order valence-electron chi connectivity index (χ3n) is 3.42. The van der Waals surface area contributed by atoms with Gasteiger partial charge in [-0.1, -0.05) is 12.8 Å². The molecular formula is C12H23NO5S. The molecule has 0 aromatic heterocycles. The summed E-state index contributed by atoms with van der Waals surface area (Å²) in [5.41, 5.74) is 0. The molecule has 0 bridgehead atoms. The summed E-state index contributed by atoms with van der Waals surface area (Å²) in [6, 6.07) is -0.154. The summed E-state index contributed by atoms with van der Waals surface area (Å²) >= 11 is 0. The molecule has 1 fully saturated rings. The van der Waals surface area contributed by atoms with Crippen molar-refractivity contribution >= 4 is 15.8 Å². The Labute approximate surface area is 114 Å². The van der Waals surface area contributed by atoms with E-state index in [1.807, 2.05) is 0 Å². The molecule has 0 spiro atoms. The topological polar surface area (TPSA) is 94.9 Å². The number of aliphatic hydroxyl groups excluding tert-OH is 1. The number of hydrogen-bond acceptors (Lipinski definition) is 5. The summed E-state index contributed by atoms with van der Waals surface area (Å²) in [4.78, 5) is 12.6. The van der Waals surface area contributed by atoms with Crippen molar-refractivity contribution in [1.29, 1.82) is 0 Å². The molecule has 1 rings (SSSR count). The van der Waals surface area contributed by atoms with Gasteiger partial charge in [-0.15, -0.1) is 0 Å². The van der Waals surface area contributed by atoms with Crippen molar-refractivity contribution in [3.63, 3.8) is 0 Å². The molecule has 19 heavy (non-hydrogen) atoms. The van der Waals surface area contributed by atoms with Crippen LogP contribution >= 0.6 is 0 Å². The fourth-order valence-corrected chi connectivity index (χ4v) is 4.17. The maximum atomic E-state index is 11.4. The highest BCUT2D eigenvalue weighted by atomic mass is 32.2. The second-order valence-electron chi connectivity index (χ2n) is 5.06. The third kappa shape index (κ3) is 6.35. The largest absolute Gasteiger partial charge is 0.480 e. The van der Waals surface area contributed by atoms with Crippen LogP contribution in [0, 0.1) is 0 Å². The third-order valence-corrected chi connectivity index (χ3v) is 5.17. The average molecular weight is 293 g/mol. The molecule has 0 saturated carbocycles. The van der Waals surface area contributed by atoms with E-state index in [4.69, 9.17) is 10.2 Å². The number of rotatable bonds is 9. The van der Waals surface area contributed by atoms with Crippen molar-refractivity contribution in [3.05, 3.63) is 0 Å². The number of carbonyl (C=O) groups is 1. The van der Waals surface area contributed by atoms with Gasteiger partial charge in [0, 0.05) is 12.6 Å². The molecule has 1 atom stereocenters. The van der Waals surface area contributed by atoms with Gasteiger partial charge in [-0.05, 0) is 25.8 Å². The molecule has 1 saturated heterocycles. The van der Waals surface area contributed by atoms with E-state index in [1.54, 1.807) is 4.90 Å². The molecule has 0 aliphatic carbocycles. The molecule has 7 heteroatoms. The zero-order valence-electron chi connectivity index (χ0n) is 11.1. The summed E-state index contributed by atoms with van der Waals surface area (Å²) in [7, 11) is -2.98. The normalized spacial score (nSPS) is 21.9. The maximum absolute atomic E-state index is 11.4. The number of aliphatic hydroxyl groups is 1. The predicted octanol–water partition coefficient (Wildman–Crippen LogP) is 0.113. The highest BCUT2D eigenvalue weighted by Gasteiger charge is 2.32. The van der Waals surface area contributed by atoms with E-state index in [2.05, 4.69) is 0 Å². The van der Waals surface area contributed by atoms with Gasteiger partial charge in [0.15, 0.2) is 9.84 Å². The monoisotopic (exact) mass is 293 g/mol.